The summed E-state index contributed by atoms with van der Waals surface area (Å²) in [5.74, 6) is 1.07. The van der Waals surface area contributed by atoms with Crippen LogP contribution in [0.4, 0.5) is 0 Å². The van der Waals surface area contributed by atoms with Crippen LogP contribution in [-0.4, -0.2) is 25.9 Å². The molecule has 0 bridgehead atoms. The quantitative estimate of drug-likeness (QED) is 0.863. The average Bonchev–Trinajstić information content (AvgIpc) is 2.48. The molecule has 0 amide bonds. The van der Waals surface area contributed by atoms with E-state index in [0.717, 1.165) is 38.2 Å². The third kappa shape index (κ3) is 2.84. The number of rotatable bonds is 6. The minimum absolute atomic E-state index is 0.139. The van der Waals surface area contributed by atoms with Crippen LogP contribution in [-0.2, 0) is 11.2 Å². The highest BCUT2D eigenvalue weighted by Crippen LogP contribution is 2.39. The van der Waals surface area contributed by atoms with Gasteiger partial charge in [-0.15, -0.1) is 0 Å². The number of para-hydroxylation sites is 1. The van der Waals surface area contributed by atoms with Crippen molar-refractivity contribution in [3.63, 3.8) is 0 Å². The van der Waals surface area contributed by atoms with Crippen LogP contribution in [0.15, 0.2) is 18.2 Å². The molecule has 1 aliphatic rings. The molecule has 0 spiro atoms. The first-order chi connectivity index (χ1) is 9.66. The van der Waals surface area contributed by atoms with Crippen LogP contribution in [0.2, 0.25) is 0 Å². The average molecular weight is 277 g/mol. The molecule has 0 aromatic heterocycles. The van der Waals surface area contributed by atoms with Gasteiger partial charge in [0.1, 0.15) is 5.75 Å². The normalized spacial score (nSPS) is 18.8. The first kappa shape index (κ1) is 15.3. The summed E-state index contributed by atoms with van der Waals surface area (Å²) in [6.45, 7) is 7.95. The minimum atomic E-state index is -0.223. The maximum Gasteiger partial charge on any atom is 0.127 e. The fourth-order valence-corrected chi connectivity index (χ4v) is 3.15. The molecule has 0 fully saturated rings. The van der Waals surface area contributed by atoms with Crippen LogP contribution in [0, 0.1) is 0 Å². The third-order valence-corrected chi connectivity index (χ3v) is 4.35. The minimum Gasteiger partial charge on any atom is -0.493 e. The van der Waals surface area contributed by atoms with E-state index in [1.54, 1.807) is 0 Å². The van der Waals surface area contributed by atoms with Crippen molar-refractivity contribution in [2.75, 3.05) is 20.3 Å². The lowest BCUT2D eigenvalue weighted by atomic mass is 9.85. The Morgan fingerprint density at radius 2 is 2.20 bits per heavy atom. The Morgan fingerprint density at radius 3 is 2.85 bits per heavy atom. The Bertz CT molecular complexity index is 447. The van der Waals surface area contributed by atoms with Crippen molar-refractivity contribution in [1.82, 2.24) is 5.32 Å². The highest BCUT2D eigenvalue weighted by molar-refractivity contribution is 5.45. The SMILES string of the molecule is CCOC(C)(CC)C(NC)c1cccc2c1OCCC2. The van der Waals surface area contributed by atoms with Crippen LogP contribution in [0.25, 0.3) is 0 Å². The number of nitrogens with one attached hydrogen (secondary N) is 1. The standard InChI is InChI=1S/C17H27NO2/c1-5-17(3,20-6-2)16(18-4)14-11-7-9-13-10-8-12-19-15(13)14/h7,9,11,16,18H,5-6,8,10,12H2,1-4H3. The first-order valence-electron chi connectivity index (χ1n) is 7.72. The van der Waals surface area contributed by atoms with Gasteiger partial charge in [0.2, 0.25) is 0 Å². The van der Waals surface area contributed by atoms with Gasteiger partial charge in [-0.1, -0.05) is 25.1 Å². The topological polar surface area (TPSA) is 30.5 Å². The lowest BCUT2D eigenvalue weighted by Gasteiger charge is -2.38. The van der Waals surface area contributed by atoms with Gasteiger partial charge in [0.15, 0.2) is 0 Å². The molecule has 2 atom stereocenters. The van der Waals surface area contributed by atoms with Gasteiger partial charge in [-0.3, -0.25) is 0 Å². The monoisotopic (exact) mass is 277 g/mol. The largest absolute Gasteiger partial charge is 0.493 e. The smallest absolute Gasteiger partial charge is 0.127 e. The number of benzene rings is 1. The maximum absolute atomic E-state index is 6.06. The molecule has 0 saturated carbocycles. The zero-order valence-electron chi connectivity index (χ0n) is 13.2. The molecule has 3 nitrogen and oxygen atoms in total. The Labute approximate surface area is 122 Å². The van der Waals surface area contributed by atoms with Crippen LogP contribution in [0.1, 0.15) is 50.8 Å². The van der Waals surface area contributed by atoms with E-state index in [1.165, 1.54) is 11.1 Å². The number of hydrogen-bond donors (Lipinski definition) is 1. The molecule has 2 unspecified atom stereocenters. The van der Waals surface area contributed by atoms with E-state index < -0.39 is 0 Å². The molecule has 1 aliphatic heterocycles. The van der Waals surface area contributed by atoms with E-state index in [0.29, 0.717) is 0 Å². The highest BCUT2D eigenvalue weighted by Gasteiger charge is 2.36. The summed E-state index contributed by atoms with van der Waals surface area (Å²) in [5, 5.41) is 3.44. The molecule has 20 heavy (non-hydrogen) atoms. The van der Waals surface area contributed by atoms with Crippen molar-refractivity contribution in [1.29, 1.82) is 0 Å². The molecule has 1 aromatic carbocycles. The summed E-state index contributed by atoms with van der Waals surface area (Å²) < 4.78 is 12.0. The van der Waals surface area contributed by atoms with E-state index in [1.807, 2.05) is 7.05 Å². The van der Waals surface area contributed by atoms with Gasteiger partial charge in [-0.05, 0) is 45.7 Å². The van der Waals surface area contributed by atoms with Crippen LogP contribution in [0.3, 0.4) is 0 Å². The van der Waals surface area contributed by atoms with Crippen molar-refractivity contribution in [3.05, 3.63) is 29.3 Å². The van der Waals surface area contributed by atoms with Gasteiger partial charge < -0.3 is 14.8 Å². The van der Waals surface area contributed by atoms with Crippen molar-refractivity contribution in [2.45, 2.75) is 51.7 Å². The van der Waals surface area contributed by atoms with Crippen LogP contribution in [0.5, 0.6) is 5.75 Å². The molecule has 1 N–H and O–H groups in total. The molecule has 3 heteroatoms. The van der Waals surface area contributed by atoms with Crippen molar-refractivity contribution >= 4 is 0 Å². The maximum atomic E-state index is 6.06. The molecule has 1 heterocycles. The van der Waals surface area contributed by atoms with E-state index in [9.17, 15) is 0 Å². The molecule has 1 aromatic rings. The second kappa shape index (κ2) is 6.59. The van der Waals surface area contributed by atoms with Crippen molar-refractivity contribution in [3.8, 4) is 5.75 Å². The van der Waals surface area contributed by atoms with Gasteiger partial charge >= 0.3 is 0 Å². The molecular weight excluding hydrogens is 250 g/mol. The van der Waals surface area contributed by atoms with Gasteiger partial charge in [0.05, 0.1) is 18.2 Å². The Kier molecular flexibility index (Phi) is 5.06. The fourth-order valence-electron chi connectivity index (χ4n) is 3.15. The first-order valence-corrected chi connectivity index (χ1v) is 7.72. The zero-order valence-corrected chi connectivity index (χ0v) is 13.2. The molecule has 2 rings (SSSR count). The summed E-state index contributed by atoms with van der Waals surface area (Å²) in [5.41, 5.74) is 2.32. The van der Waals surface area contributed by atoms with Crippen molar-refractivity contribution < 1.29 is 9.47 Å². The Morgan fingerprint density at radius 1 is 1.40 bits per heavy atom. The molecule has 0 aliphatic carbocycles. The lowest BCUT2D eigenvalue weighted by Crippen LogP contribution is -2.42. The summed E-state index contributed by atoms with van der Waals surface area (Å²) in [4.78, 5) is 0. The predicted octanol–water partition coefficient (Wildman–Crippen LogP) is 3.48. The predicted molar refractivity (Wildman–Crippen MR) is 82.4 cm³/mol. The van der Waals surface area contributed by atoms with Gasteiger partial charge in [0.25, 0.3) is 0 Å². The zero-order chi connectivity index (χ0) is 14.6. The van der Waals surface area contributed by atoms with Gasteiger partial charge in [-0.25, -0.2) is 0 Å². The van der Waals surface area contributed by atoms with Gasteiger partial charge in [-0.2, -0.15) is 0 Å². The summed E-state index contributed by atoms with van der Waals surface area (Å²) in [6.07, 6.45) is 3.17. The van der Waals surface area contributed by atoms with E-state index in [-0.39, 0.29) is 11.6 Å². The van der Waals surface area contributed by atoms with Gasteiger partial charge in [0, 0.05) is 12.2 Å². The molecular formula is C17H27NO2. The van der Waals surface area contributed by atoms with E-state index in [2.05, 4.69) is 44.3 Å². The number of fused-ring (bicyclic) bond motifs is 1. The van der Waals surface area contributed by atoms with Crippen LogP contribution >= 0.6 is 0 Å². The molecule has 0 radical (unpaired) electrons. The second-order valence-corrected chi connectivity index (χ2v) is 5.61. The van der Waals surface area contributed by atoms with Crippen molar-refractivity contribution in [2.24, 2.45) is 0 Å². The number of likely N-dealkylation sites (N-methyl/N-ethyl adjacent to an activating group) is 1. The molecule has 0 saturated heterocycles. The second-order valence-electron chi connectivity index (χ2n) is 5.61. The third-order valence-electron chi connectivity index (χ3n) is 4.35. The number of hydrogen-bond acceptors (Lipinski definition) is 3. The summed E-state index contributed by atoms with van der Waals surface area (Å²) >= 11 is 0. The van der Waals surface area contributed by atoms with Crippen LogP contribution < -0.4 is 10.1 Å². The van der Waals surface area contributed by atoms with E-state index >= 15 is 0 Å². The summed E-state index contributed by atoms with van der Waals surface area (Å²) in [7, 11) is 2.00. The molecule has 112 valence electrons. The Balaban J connectivity index is 2.41. The summed E-state index contributed by atoms with van der Waals surface area (Å²) in [6, 6.07) is 6.61. The number of aryl methyl sites for hydroxylation is 1. The highest BCUT2D eigenvalue weighted by atomic mass is 16.5. The lowest BCUT2D eigenvalue weighted by molar-refractivity contribution is -0.0552. The number of ether oxygens (including phenoxy) is 2. The van der Waals surface area contributed by atoms with E-state index in [4.69, 9.17) is 9.47 Å². The Hall–Kier alpha value is -1.06. The fraction of sp³-hybridized carbons (Fsp3) is 0.647.